The number of rotatable bonds is 5. The van der Waals surface area contributed by atoms with Crippen LogP contribution in [0.25, 0.3) is 0 Å². The summed E-state index contributed by atoms with van der Waals surface area (Å²) in [5.74, 6) is -0.126. The molecule has 0 saturated carbocycles. The second-order valence-electron chi connectivity index (χ2n) is 4.14. The van der Waals surface area contributed by atoms with Gasteiger partial charge < -0.3 is 5.11 Å². The molecule has 0 amide bonds. The smallest absolute Gasteiger partial charge is 0.269 e. The zero-order chi connectivity index (χ0) is 14.8. The summed E-state index contributed by atoms with van der Waals surface area (Å²) >= 11 is 3.04. The second kappa shape index (κ2) is 5.56. The largest absolute Gasteiger partial charge is 0.386 e. The number of sulfone groups is 1. The van der Waals surface area contributed by atoms with E-state index in [1.807, 2.05) is 0 Å². The quantitative estimate of drug-likeness (QED) is 0.498. The number of nitro benzene ring substituents is 1. The topological polar surface area (TPSA) is 97.5 Å². The maximum Gasteiger partial charge on any atom is 0.269 e. The van der Waals surface area contributed by atoms with Crippen LogP contribution in [0.2, 0.25) is 0 Å². The van der Waals surface area contributed by atoms with Crippen LogP contribution in [0.4, 0.5) is 5.69 Å². The van der Waals surface area contributed by atoms with Crippen molar-refractivity contribution in [2.75, 3.05) is 5.75 Å². The number of hydrogen-bond acceptors (Lipinski definition) is 5. The number of hydrogen-bond donors (Lipinski definition) is 1. The Morgan fingerprint density at radius 3 is 2.26 bits per heavy atom. The molecule has 0 aliphatic carbocycles. The number of alkyl halides is 1. The molecule has 6 nitrogen and oxygen atoms in total. The van der Waals surface area contributed by atoms with E-state index in [1.165, 1.54) is 38.1 Å². The molecule has 0 aromatic heterocycles. The first-order valence-corrected chi connectivity index (χ1v) is 7.91. The Morgan fingerprint density at radius 2 is 1.89 bits per heavy atom. The third kappa shape index (κ3) is 3.13. The lowest BCUT2D eigenvalue weighted by Crippen LogP contribution is -2.36. The van der Waals surface area contributed by atoms with Crippen LogP contribution in [0.1, 0.15) is 25.5 Å². The van der Waals surface area contributed by atoms with Gasteiger partial charge >= 0.3 is 0 Å². The van der Waals surface area contributed by atoms with Gasteiger partial charge in [-0.3, -0.25) is 10.1 Å². The van der Waals surface area contributed by atoms with E-state index in [0.717, 1.165) is 0 Å². The highest BCUT2D eigenvalue weighted by molar-refractivity contribution is 9.11. The van der Waals surface area contributed by atoms with E-state index >= 15 is 0 Å². The van der Waals surface area contributed by atoms with Crippen molar-refractivity contribution < 1.29 is 18.4 Å². The molecule has 0 saturated heterocycles. The number of aliphatic hydroxyl groups excluding tert-OH is 1. The van der Waals surface area contributed by atoms with E-state index in [4.69, 9.17) is 0 Å². The molecule has 106 valence electrons. The molecule has 0 heterocycles. The molecule has 1 aromatic carbocycles. The monoisotopic (exact) mass is 351 g/mol. The summed E-state index contributed by atoms with van der Waals surface area (Å²) in [5.41, 5.74) is 0.174. The Morgan fingerprint density at radius 1 is 1.42 bits per heavy atom. The van der Waals surface area contributed by atoms with Crippen LogP contribution in [-0.4, -0.2) is 27.9 Å². The number of nitrogens with zero attached hydrogens (tertiary/aromatic N) is 1. The van der Waals surface area contributed by atoms with Gasteiger partial charge in [-0.2, -0.15) is 0 Å². The zero-order valence-corrected chi connectivity index (χ0v) is 12.8. The molecule has 0 radical (unpaired) electrons. The van der Waals surface area contributed by atoms with Crippen molar-refractivity contribution >= 4 is 31.5 Å². The summed E-state index contributed by atoms with van der Waals surface area (Å²) in [4.78, 5) is 9.96. The van der Waals surface area contributed by atoms with Gasteiger partial charge in [0.25, 0.3) is 5.69 Å². The minimum Gasteiger partial charge on any atom is -0.386 e. The molecule has 0 aliphatic rings. The van der Waals surface area contributed by atoms with Gasteiger partial charge in [-0.1, -0.05) is 22.9 Å². The predicted molar refractivity (Wildman–Crippen MR) is 74.8 cm³/mol. The lowest BCUT2D eigenvalue weighted by atomic mass is 10.1. The standard InChI is InChI=1S/C11H14BrNO5S/c1-3-19(17,18)11(2,12)10(14)8-4-6-9(7-5-8)13(15)16/h4-7,10,14H,3H2,1-2H3/t10-,11+/m1/s1. The van der Waals surface area contributed by atoms with Crippen LogP contribution < -0.4 is 0 Å². The van der Waals surface area contributed by atoms with Crippen LogP contribution in [0, 0.1) is 10.1 Å². The fourth-order valence-corrected chi connectivity index (χ4v) is 3.52. The van der Waals surface area contributed by atoms with Gasteiger partial charge in [0, 0.05) is 17.9 Å². The minimum absolute atomic E-state index is 0.120. The Hall–Kier alpha value is -0.990. The van der Waals surface area contributed by atoms with Crippen LogP contribution in [-0.2, 0) is 9.84 Å². The first-order valence-electron chi connectivity index (χ1n) is 5.47. The molecule has 1 rings (SSSR count). The van der Waals surface area contributed by atoms with Crippen molar-refractivity contribution in [1.82, 2.24) is 0 Å². The first kappa shape index (κ1) is 16.1. The van der Waals surface area contributed by atoms with E-state index in [9.17, 15) is 23.6 Å². The first-order chi connectivity index (χ1) is 8.63. The molecule has 8 heteroatoms. The van der Waals surface area contributed by atoms with Crippen molar-refractivity contribution in [2.45, 2.75) is 23.6 Å². The molecule has 0 bridgehead atoms. The Bertz CT molecular complexity index is 567. The van der Waals surface area contributed by atoms with E-state index in [-0.39, 0.29) is 11.4 Å². The van der Waals surface area contributed by atoms with Crippen LogP contribution in [0.15, 0.2) is 24.3 Å². The van der Waals surface area contributed by atoms with Gasteiger partial charge in [-0.05, 0) is 24.6 Å². The second-order valence-corrected chi connectivity index (χ2v) is 8.97. The lowest BCUT2D eigenvalue weighted by Gasteiger charge is -2.28. The summed E-state index contributed by atoms with van der Waals surface area (Å²) in [5, 5.41) is 20.7. The fourth-order valence-electron chi connectivity index (χ4n) is 1.53. The fraction of sp³-hybridized carbons (Fsp3) is 0.455. The lowest BCUT2D eigenvalue weighted by molar-refractivity contribution is -0.384. The molecule has 0 unspecified atom stereocenters. The van der Waals surface area contributed by atoms with Gasteiger partial charge in [-0.25, -0.2) is 8.42 Å². The van der Waals surface area contributed by atoms with Crippen molar-refractivity contribution in [3.05, 3.63) is 39.9 Å². The van der Waals surface area contributed by atoms with Crippen molar-refractivity contribution in [3.63, 3.8) is 0 Å². The molecule has 19 heavy (non-hydrogen) atoms. The Kier molecular flexibility index (Phi) is 4.70. The minimum atomic E-state index is -3.54. The summed E-state index contributed by atoms with van der Waals surface area (Å²) in [7, 11) is -3.54. The maximum atomic E-state index is 11.9. The molecule has 1 N–H and O–H groups in total. The Balaban J connectivity index is 3.13. The van der Waals surface area contributed by atoms with Crippen LogP contribution in [0.5, 0.6) is 0 Å². The summed E-state index contributed by atoms with van der Waals surface area (Å²) in [6, 6.07) is 5.13. The highest BCUT2D eigenvalue weighted by Gasteiger charge is 2.42. The van der Waals surface area contributed by atoms with Gasteiger partial charge in [0.15, 0.2) is 13.5 Å². The molecule has 0 aliphatic heterocycles. The average molecular weight is 352 g/mol. The van der Waals surface area contributed by atoms with Crippen molar-refractivity contribution in [1.29, 1.82) is 0 Å². The van der Waals surface area contributed by atoms with Gasteiger partial charge in [0.05, 0.1) is 4.92 Å². The number of aliphatic hydroxyl groups is 1. The van der Waals surface area contributed by atoms with Gasteiger partial charge in [0.1, 0.15) is 6.10 Å². The molecular formula is C11H14BrNO5S. The third-order valence-corrected chi connectivity index (χ3v) is 7.01. The highest BCUT2D eigenvalue weighted by atomic mass is 79.9. The number of benzene rings is 1. The Labute approximate surface area is 119 Å². The average Bonchev–Trinajstić information content (AvgIpc) is 2.37. The van der Waals surface area contributed by atoms with Gasteiger partial charge in [0.2, 0.25) is 0 Å². The van der Waals surface area contributed by atoms with E-state index < -0.39 is 24.5 Å². The molecule has 1 aromatic rings. The van der Waals surface area contributed by atoms with Crippen LogP contribution in [0.3, 0.4) is 0 Å². The molecule has 0 fully saturated rings. The number of non-ortho nitro benzene ring substituents is 1. The summed E-state index contributed by atoms with van der Waals surface area (Å²) in [6.07, 6.45) is -1.32. The van der Waals surface area contributed by atoms with E-state index in [1.54, 1.807) is 0 Å². The maximum absolute atomic E-state index is 11.9. The van der Waals surface area contributed by atoms with Crippen molar-refractivity contribution in [3.8, 4) is 0 Å². The number of nitro groups is 1. The van der Waals surface area contributed by atoms with E-state index in [2.05, 4.69) is 15.9 Å². The van der Waals surface area contributed by atoms with E-state index in [0.29, 0.717) is 5.56 Å². The SMILES string of the molecule is CCS(=O)(=O)[C@](C)(Br)[C@H](O)c1ccc([N+](=O)[O-])cc1. The van der Waals surface area contributed by atoms with Crippen molar-refractivity contribution in [2.24, 2.45) is 0 Å². The molecule has 2 atom stereocenters. The van der Waals surface area contributed by atoms with Gasteiger partial charge in [-0.15, -0.1) is 0 Å². The molecular weight excluding hydrogens is 338 g/mol. The summed E-state index contributed by atoms with van der Waals surface area (Å²) in [6.45, 7) is 2.84. The normalized spacial score (nSPS) is 16.6. The van der Waals surface area contributed by atoms with Crippen LogP contribution >= 0.6 is 15.9 Å². The summed E-state index contributed by atoms with van der Waals surface area (Å²) < 4.78 is 22.3. The number of halogens is 1. The highest BCUT2D eigenvalue weighted by Crippen LogP contribution is 2.39. The third-order valence-electron chi connectivity index (χ3n) is 2.90. The molecule has 0 spiro atoms. The zero-order valence-electron chi connectivity index (χ0n) is 10.4. The predicted octanol–water partition coefficient (Wildman–Crippen LogP) is 2.17.